The molecule has 1 N–H and O–H groups in total. The van der Waals surface area contributed by atoms with Crippen LogP contribution in [0.5, 0.6) is 0 Å². The number of hydrogen-bond donors (Lipinski definition) is 1. The fraction of sp³-hybridized carbons (Fsp3) is 1.00. The van der Waals surface area contributed by atoms with Crippen molar-refractivity contribution in [2.45, 2.75) is 72.8 Å². The first-order chi connectivity index (χ1) is 6.31. The van der Waals surface area contributed by atoms with E-state index in [1.807, 2.05) is 0 Å². The maximum absolute atomic E-state index is 10.3. The summed E-state index contributed by atoms with van der Waals surface area (Å²) in [5, 5.41) is 10.3. The molecule has 0 saturated carbocycles. The van der Waals surface area contributed by atoms with Crippen LogP contribution in [0, 0.1) is 11.3 Å². The largest absolute Gasteiger partial charge is 0.390 e. The van der Waals surface area contributed by atoms with Gasteiger partial charge in [0.25, 0.3) is 0 Å². The summed E-state index contributed by atoms with van der Waals surface area (Å²) >= 11 is 0. The van der Waals surface area contributed by atoms with E-state index in [1.165, 1.54) is 6.42 Å². The quantitative estimate of drug-likeness (QED) is 0.687. The molecule has 0 aromatic carbocycles. The molecule has 1 unspecified atom stereocenters. The lowest BCUT2D eigenvalue weighted by molar-refractivity contribution is -0.0232. The summed E-state index contributed by atoms with van der Waals surface area (Å²) in [5.74, 6) is 0.673. The maximum Gasteiger partial charge on any atom is 0.0647 e. The fourth-order valence-corrected chi connectivity index (χ4v) is 2.07. The molecule has 1 nitrogen and oxygen atoms in total. The van der Waals surface area contributed by atoms with Crippen LogP contribution >= 0.6 is 0 Å². The Morgan fingerprint density at radius 2 is 1.50 bits per heavy atom. The topological polar surface area (TPSA) is 20.2 Å². The molecule has 0 amide bonds. The van der Waals surface area contributed by atoms with E-state index in [1.54, 1.807) is 0 Å². The van der Waals surface area contributed by atoms with Gasteiger partial charge in [-0.05, 0) is 30.6 Å². The van der Waals surface area contributed by atoms with Gasteiger partial charge >= 0.3 is 0 Å². The van der Waals surface area contributed by atoms with Gasteiger partial charge in [-0.25, -0.2) is 0 Å². The minimum Gasteiger partial charge on any atom is -0.390 e. The molecule has 0 bridgehead atoms. The van der Waals surface area contributed by atoms with Gasteiger partial charge in [0.2, 0.25) is 0 Å². The first-order valence-electron chi connectivity index (χ1n) is 6.03. The summed E-state index contributed by atoms with van der Waals surface area (Å²) in [7, 11) is 0. The first kappa shape index (κ1) is 14.0. The van der Waals surface area contributed by atoms with Gasteiger partial charge < -0.3 is 5.11 Å². The third-order valence-electron chi connectivity index (χ3n) is 4.05. The van der Waals surface area contributed by atoms with E-state index in [-0.39, 0.29) is 5.41 Å². The molecule has 1 heteroatoms. The van der Waals surface area contributed by atoms with Gasteiger partial charge in [0.1, 0.15) is 0 Å². The molecule has 0 saturated heterocycles. The number of aliphatic hydroxyl groups is 1. The molecular weight excluding hydrogens is 172 g/mol. The Morgan fingerprint density at radius 3 is 1.79 bits per heavy atom. The van der Waals surface area contributed by atoms with Crippen molar-refractivity contribution >= 4 is 0 Å². The summed E-state index contributed by atoms with van der Waals surface area (Å²) in [6, 6.07) is 0. The highest BCUT2D eigenvalue weighted by Crippen LogP contribution is 2.39. The lowest BCUT2D eigenvalue weighted by atomic mass is 9.70. The van der Waals surface area contributed by atoms with Crippen LogP contribution in [0.3, 0.4) is 0 Å². The van der Waals surface area contributed by atoms with E-state index in [0.717, 1.165) is 19.3 Å². The minimum absolute atomic E-state index is 0.246. The maximum atomic E-state index is 10.3. The van der Waals surface area contributed by atoms with Gasteiger partial charge in [0, 0.05) is 0 Å². The van der Waals surface area contributed by atoms with Crippen LogP contribution in [0.4, 0.5) is 0 Å². The monoisotopic (exact) mass is 200 g/mol. The molecule has 0 aliphatic carbocycles. The predicted molar refractivity (Wildman–Crippen MR) is 63.4 cm³/mol. The summed E-state index contributed by atoms with van der Waals surface area (Å²) in [6.45, 7) is 13.2. The molecule has 86 valence electrons. The third-order valence-corrected chi connectivity index (χ3v) is 4.05. The van der Waals surface area contributed by atoms with E-state index in [4.69, 9.17) is 0 Å². The van der Waals surface area contributed by atoms with E-state index < -0.39 is 5.60 Å². The molecule has 0 heterocycles. The van der Waals surface area contributed by atoms with Crippen molar-refractivity contribution in [3.63, 3.8) is 0 Å². The molecule has 0 fully saturated rings. The van der Waals surface area contributed by atoms with Crippen LogP contribution in [-0.4, -0.2) is 10.7 Å². The van der Waals surface area contributed by atoms with Crippen LogP contribution in [0.25, 0.3) is 0 Å². The van der Waals surface area contributed by atoms with Crippen molar-refractivity contribution in [1.29, 1.82) is 0 Å². The van der Waals surface area contributed by atoms with E-state index in [2.05, 4.69) is 41.5 Å². The summed E-state index contributed by atoms with van der Waals surface area (Å²) in [4.78, 5) is 0. The summed E-state index contributed by atoms with van der Waals surface area (Å²) in [5.41, 5.74) is -0.206. The Kier molecular flexibility index (Phi) is 5.14. The second kappa shape index (κ2) is 5.16. The van der Waals surface area contributed by atoms with Gasteiger partial charge in [-0.15, -0.1) is 0 Å². The molecule has 0 spiro atoms. The zero-order chi connectivity index (χ0) is 11.4. The normalized spacial score (nSPS) is 15.6. The van der Waals surface area contributed by atoms with Crippen LogP contribution in [-0.2, 0) is 0 Å². The van der Waals surface area contributed by atoms with Crippen LogP contribution in [0.1, 0.15) is 67.2 Å². The molecule has 0 aliphatic heterocycles. The second-order valence-electron chi connectivity index (χ2n) is 5.41. The van der Waals surface area contributed by atoms with Crippen LogP contribution < -0.4 is 0 Å². The molecular formula is C13H28O. The number of rotatable bonds is 6. The zero-order valence-electron chi connectivity index (χ0n) is 10.9. The Bertz CT molecular complexity index is 157. The average molecular weight is 200 g/mol. The molecule has 0 aromatic rings. The highest BCUT2D eigenvalue weighted by atomic mass is 16.3. The van der Waals surface area contributed by atoms with Crippen molar-refractivity contribution in [3.8, 4) is 0 Å². The molecule has 14 heavy (non-hydrogen) atoms. The Hall–Kier alpha value is -0.0400. The van der Waals surface area contributed by atoms with Gasteiger partial charge in [0.15, 0.2) is 0 Å². The number of hydrogen-bond acceptors (Lipinski definition) is 1. The van der Waals surface area contributed by atoms with Gasteiger partial charge in [-0.3, -0.25) is 0 Å². The lowest BCUT2D eigenvalue weighted by Crippen LogP contribution is -2.36. The SMILES string of the molecule is CCC(C)C(C)(C)CC(O)(CC)CC. The second-order valence-corrected chi connectivity index (χ2v) is 5.41. The lowest BCUT2D eigenvalue weighted by Gasteiger charge is -2.39. The van der Waals surface area contributed by atoms with Gasteiger partial charge in [-0.2, -0.15) is 0 Å². The van der Waals surface area contributed by atoms with Gasteiger partial charge in [0.05, 0.1) is 5.60 Å². The zero-order valence-corrected chi connectivity index (χ0v) is 10.9. The molecule has 0 radical (unpaired) electrons. The van der Waals surface area contributed by atoms with Crippen molar-refractivity contribution in [1.82, 2.24) is 0 Å². The third kappa shape index (κ3) is 3.61. The molecule has 0 rings (SSSR count). The van der Waals surface area contributed by atoms with E-state index in [9.17, 15) is 5.11 Å². The first-order valence-corrected chi connectivity index (χ1v) is 6.03. The van der Waals surface area contributed by atoms with Crippen LogP contribution in [0.2, 0.25) is 0 Å². The van der Waals surface area contributed by atoms with Crippen molar-refractivity contribution in [2.75, 3.05) is 0 Å². The van der Waals surface area contributed by atoms with Crippen molar-refractivity contribution in [2.24, 2.45) is 11.3 Å². The summed E-state index contributed by atoms with van der Waals surface area (Å²) < 4.78 is 0. The Balaban J connectivity index is 4.47. The molecule has 0 aliphatic rings. The standard InChI is InChI=1S/C13H28O/c1-7-11(4)12(5,6)10-13(14,8-2)9-3/h11,14H,7-10H2,1-6H3. The van der Waals surface area contributed by atoms with E-state index >= 15 is 0 Å². The fourth-order valence-electron chi connectivity index (χ4n) is 2.07. The van der Waals surface area contributed by atoms with Gasteiger partial charge in [-0.1, -0.05) is 48.0 Å². The van der Waals surface area contributed by atoms with Crippen molar-refractivity contribution < 1.29 is 5.11 Å². The molecule has 0 aromatic heterocycles. The Morgan fingerprint density at radius 1 is 1.07 bits per heavy atom. The molecule has 1 atom stereocenters. The van der Waals surface area contributed by atoms with Crippen molar-refractivity contribution in [3.05, 3.63) is 0 Å². The summed E-state index contributed by atoms with van der Waals surface area (Å²) in [6.07, 6.45) is 3.84. The Labute approximate surface area is 89.9 Å². The minimum atomic E-state index is -0.451. The van der Waals surface area contributed by atoms with Crippen LogP contribution in [0.15, 0.2) is 0 Å². The highest BCUT2D eigenvalue weighted by Gasteiger charge is 2.34. The average Bonchev–Trinajstić information content (AvgIpc) is 2.15. The highest BCUT2D eigenvalue weighted by molar-refractivity contribution is 4.86. The smallest absolute Gasteiger partial charge is 0.0647 e. The van der Waals surface area contributed by atoms with E-state index in [0.29, 0.717) is 5.92 Å². The predicted octanol–water partition coefficient (Wildman–Crippen LogP) is 4.00.